The van der Waals surface area contributed by atoms with Crippen LogP contribution >= 0.6 is 23.2 Å². The van der Waals surface area contributed by atoms with Gasteiger partial charge in [-0.2, -0.15) is 0 Å². The van der Waals surface area contributed by atoms with Gasteiger partial charge in [-0.1, -0.05) is 36.2 Å². The average Bonchev–Trinajstić information content (AvgIpc) is 2.36. The smallest absolute Gasteiger partial charge is 0.0453 e. The second-order valence-corrected chi connectivity index (χ2v) is 6.23. The third-order valence-electron chi connectivity index (χ3n) is 4.28. The van der Waals surface area contributed by atoms with Crippen molar-refractivity contribution >= 4 is 23.2 Å². The Balaban J connectivity index is 2.99. The van der Waals surface area contributed by atoms with E-state index in [1.807, 2.05) is 25.2 Å². The molecule has 0 saturated carbocycles. The van der Waals surface area contributed by atoms with Crippen molar-refractivity contribution in [1.29, 1.82) is 0 Å². The monoisotopic (exact) mass is 302 g/mol. The number of nitrogens with one attached hydrogen (secondary N) is 1. The molecule has 19 heavy (non-hydrogen) atoms. The molecule has 0 bridgehead atoms. The molecular formula is C15H24Cl2N2. The van der Waals surface area contributed by atoms with Gasteiger partial charge in [0.25, 0.3) is 0 Å². The van der Waals surface area contributed by atoms with Gasteiger partial charge in [0.05, 0.1) is 0 Å². The van der Waals surface area contributed by atoms with Crippen molar-refractivity contribution in [3.63, 3.8) is 0 Å². The second-order valence-electron chi connectivity index (χ2n) is 5.39. The Morgan fingerprint density at radius 1 is 1.32 bits per heavy atom. The molecule has 4 heteroatoms. The molecule has 0 amide bonds. The van der Waals surface area contributed by atoms with E-state index in [0.29, 0.717) is 11.1 Å². The maximum atomic E-state index is 6.28. The highest BCUT2D eigenvalue weighted by Gasteiger charge is 2.34. The van der Waals surface area contributed by atoms with E-state index in [-0.39, 0.29) is 5.54 Å². The first-order chi connectivity index (χ1) is 8.85. The van der Waals surface area contributed by atoms with Crippen molar-refractivity contribution in [3.8, 4) is 0 Å². The Morgan fingerprint density at radius 2 is 1.95 bits per heavy atom. The molecule has 0 spiro atoms. The summed E-state index contributed by atoms with van der Waals surface area (Å²) in [5, 5.41) is 4.85. The van der Waals surface area contributed by atoms with Crippen LogP contribution in [0.3, 0.4) is 0 Å². The lowest BCUT2D eigenvalue weighted by Gasteiger charge is -2.43. The van der Waals surface area contributed by atoms with Crippen molar-refractivity contribution in [2.45, 2.75) is 38.3 Å². The van der Waals surface area contributed by atoms with E-state index in [1.165, 1.54) is 0 Å². The molecule has 0 aliphatic heterocycles. The zero-order valence-electron chi connectivity index (χ0n) is 12.4. The van der Waals surface area contributed by atoms with Crippen molar-refractivity contribution in [1.82, 2.24) is 10.2 Å². The molecule has 0 saturated heterocycles. The normalized spacial score (nSPS) is 16.4. The molecule has 2 unspecified atom stereocenters. The summed E-state index contributed by atoms with van der Waals surface area (Å²) in [7, 11) is 6.25. The largest absolute Gasteiger partial charge is 0.315 e. The van der Waals surface area contributed by atoms with Gasteiger partial charge in [0.2, 0.25) is 0 Å². The van der Waals surface area contributed by atoms with Crippen LogP contribution in [0.2, 0.25) is 10.0 Å². The number of hydrogen-bond donors (Lipinski definition) is 1. The minimum atomic E-state index is 0.0811. The predicted octanol–water partition coefficient (Wildman–Crippen LogP) is 3.85. The Kier molecular flexibility index (Phi) is 6.13. The van der Waals surface area contributed by atoms with E-state index in [1.54, 1.807) is 0 Å². The highest BCUT2D eigenvalue weighted by molar-refractivity contribution is 6.35. The Labute approximate surface area is 127 Å². The van der Waals surface area contributed by atoms with Gasteiger partial charge in [0.1, 0.15) is 0 Å². The van der Waals surface area contributed by atoms with Crippen LogP contribution in [0.4, 0.5) is 0 Å². The van der Waals surface area contributed by atoms with Crippen LogP contribution in [0, 0.1) is 0 Å². The lowest BCUT2D eigenvalue weighted by atomic mass is 9.84. The molecule has 1 N–H and O–H groups in total. The number of rotatable bonds is 6. The first kappa shape index (κ1) is 16.8. The van der Waals surface area contributed by atoms with Crippen molar-refractivity contribution in [3.05, 3.63) is 33.8 Å². The summed E-state index contributed by atoms with van der Waals surface area (Å²) >= 11 is 12.2. The molecule has 0 aliphatic rings. The first-order valence-corrected chi connectivity index (χ1v) is 7.39. The maximum Gasteiger partial charge on any atom is 0.0453 e. The Morgan fingerprint density at radius 3 is 2.37 bits per heavy atom. The van der Waals surface area contributed by atoms with E-state index in [0.717, 1.165) is 23.4 Å². The van der Waals surface area contributed by atoms with Gasteiger partial charge in [0, 0.05) is 21.6 Å². The van der Waals surface area contributed by atoms with E-state index < -0.39 is 0 Å². The molecular weight excluding hydrogens is 279 g/mol. The van der Waals surface area contributed by atoms with Crippen LogP contribution in [-0.4, -0.2) is 37.6 Å². The van der Waals surface area contributed by atoms with Crippen LogP contribution in [0.5, 0.6) is 0 Å². The highest BCUT2D eigenvalue weighted by atomic mass is 35.5. The first-order valence-electron chi connectivity index (χ1n) is 6.63. The lowest BCUT2D eigenvalue weighted by molar-refractivity contribution is 0.116. The molecule has 108 valence electrons. The number of hydrogen-bond acceptors (Lipinski definition) is 2. The van der Waals surface area contributed by atoms with Crippen LogP contribution < -0.4 is 5.32 Å². The molecule has 0 aromatic heterocycles. The fourth-order valence-electron chi connectivity index (χ4n) is 2.41. The molecule has 0 aliphatic carbocycles. The average molecular weight is 303 g/mol. The van der Waals surface area contributed by atoms with E-state index >= 15 is 0 Å². The summed E-state index contributed by atoms with van der Waals surface area (Å²) in [5.74, 6) is 0. The van der Waals surface area contributed by atoms with Crippen LogP contribution in [0.25, 0.3) is 0 Å². The van der Waals surface area contributed by atoms with Crippen LogP contribution in [0.1, 0.15) is 25.8 Å². The zero-order valence-corrected chi connectivity index (χ0v) is 13.9. The summed E-state index contributed by atoms with van der Waals surface area (Å²) in [5.41, 5.74) is 1.21. The minimum absolute atomic E-state index is 0.0811. The predicted molar refractivity (Wildman–Crippen MR) is 85.4 cm³/mol. The number of benzene rings is 1. The second kappa shape index (κ2) is 6.94. The molecule has 1 rings (SSSR count). The Bertz CT molecular complexity index is 421. The van der Waals surface area contributed by atoms with E-state index in [4.69, 9.17) is 23.2 Å². The van der Waals surface area contributed by atoms with Crippen molar-refractivity contribution in [2.75, 3.05) is 21.1 Å². The van der Waals surface area contributed by atoms with Crippen molar-refractivity contribution in [2.24, 2.45) is 0 Å². The fourth-order valence-corrected chi connectivity index (χ4v) is 2.90. The molecule has 1 aromatic rings. The summed E-state index contributed by atoms with van der Waals surface area (Å²) in [6.45, 7) is 4.49. The minimum Gasteiger partial charge on any atom is -0.315 e. The number of halogens is 2. The third-order valence-corrected chi connectivity index (χ3v) is 4.86. The summed E-state index contributed by atoms with van der Waals surface area (Å²) in [6, 6.07) is 6.05. The quantitative estimate of drug-likeness (QED) is 0.858. The molecule has 2 atom stereocenters. The topological polar surface area (TPSA) is 15.3 Å². The summed E-state index contributed by atoms with van der Waals surface area (Å²) in [6.07, 6.45) is 1.95. The van der Waals surface area contributed by atoms with Gasteiger partial charge in [-0.05, 0) is 58.6 Å². The number of nitrogens with zero attached hydrogens (tertiary/aromatic N) is 1. The molecule has 0 radical (unpaired) electrons. The molecule has 0 fully saturated rings. The maximum absolute atomic E-state index is 6.28. The molecule has 0 heterocycles. The van der Waals surface area contributed by atoms with Gasteiger partial charge in [-0.3, -0.25) is 0 Å². The molecule has 1 aromatic carbocycles. The summed E-state index contributed by atoms with van der Waals surface area (Å²) < 4.78 is 0. The van der Waals surface area contributed by atoms with Gasteiger partial charge in [-0.15, -0.1) is 0 Å². The van der Waals surface area contributed by atoms with E-state index in [9.17, 15) is 0 Å². The van der Waals surface area contributed by atoms with Gasteiger partial charge in [0.15, 0.2) is 0 Å². The highest BCUT2D eigenvalue weighted by Crippen LogP contribution is 2.27. The van der Waals surface area contributed by atoms with Gasteiger partial charge < -0.3 is 10.2 Å². The van der Waals surface area contributed by atoms with Gasteiger partial charge in [-0.25, -0.2) is 0 Å². The van der Waals surface area contributed by atoms with E-state index in [2.05, 4.69) is 38.2 Å². The standard InChI is InChI=1S/C15H24Cl2N2/c1-6-15(2,19(4)5)14(18-3)9-11-7-8-12(16)10-13(11)17/h7-8,10,14,18H,6,9H2,1-5H3. The molecule has 2 nitrogen and oxygen atoms in total. The lowest BCUT2D eigenvalue weighted by Crippen LogP contribution is -2.56. The van der Waals surface area contributed by atoms with Crippen LogP contribution in [0.15, 0.2) is 18.2 Å². The fraction of sp³-hybridized carbons (Fsp3) is 0.600. The summed E-state index contributed by atoms with van der Waals surface area (Å²) in [4.78, 5) is 2.28. The zero-order chi connectivity index (χ0) is 14.6. The SMILES string of the molecule is CCC(C)(C(Cc1ccc(Cl)cc1Cl)NC)N(C)C. The van der Waals surface area contributed by atoms with Crippen molar-refractivity contribution < 1.29 is 0 Å². The Hall–Kier alpha value is -0.280. The third kappa shape index (κ3) is 3.85. The number of likely N-dealkylation sites (N-methyl/N-ethyl adjacent to an activating group) is 2. The van der Waals surface area contributed by atoms with Crippen LogP contribution in [-0.2, 0) is 6.42 Å². The van der Waals surface area contributed by atoms with Gasteiger partial charge >= 0.3 is 0 Å².